The van der Waals surface area contributed by atoms with Crippen molar-refractivity contribution < 1.29 is 4.79 Å². The number of carbonyl (C=O) groups excluding carboxylic acids is 1. The molecule has 0 saturated carbocycles. The SMILES string of the molecule is Cc1nc(C2CCN(C(=O)c3cc(Br)cs3)C2)n[nH]1. The summed E-state index contributed by atoms with van der Waals surface area (Å²) in [5.74, 6) is 1.99. The zero-order valence-corrected chi connectivity index (χ0v) is 12.8. The second-order valence-electron chi connectivity index (χ2n) is 4.64. The molecule has 0 radical (unpaired) electrons. The number of aromatic nitrogens is 3. The summed E-state index contributed by atoms with van der Waals surface area (Å²) in [7, 11) is 0. The molecule has 2 aromatic rings. The number of aromatic amines is 1. The molecule has 0 aromatic carbocycles. The fraction of sp³-hybridized carbons (Fsp3) is 0.417. The summed E-state index contributed by atoms with van der Waals surface area (Å²) < 4.78 is 0.959. The van der Waals surface area contributed by atoms with E-state index in [4.69, 9.17) is 0 Å². The monoisotopic (exact) mass is 340 g/mol. The molecule has 1 fully saturated rings. The van der Waals surface area contributed by atoms with Crippen LogP contribution < -0.4 is 0 Å². The van der Waals surface area contributed by atoms with Crippen molar-refractivity contribution in [2.45, 2.75) is 19.3 Å². The van der Waals surface area contributed by atoms with Gasteiger partial charge < -0.3 is 4.90 Å². The van der Waals surface area contributed by atoms with Crippen LogP contribution in [0, 0.1) is 6.92 Å². The van der Waals surface area contributed by atoms with E-state index in [1.54, 1.807) is 0 Å². The highest BCUT2D eigenvalue weighted by Gasteiger charge is 2.30. The molecule has 100 valence electrons. The number of nitrogens with zero attached hydrogens (tertiary/aromatic N) is 3. The van der Waals surface area contributed by atoms with Gasteiger partial charge in [-0.3, -0.25) is 9.89 Å². The van der Waals surface area contributed by atoms with Gasteiger partial charge in [0.25, 0.3) is 5.91 Å². The van der Waals surface area contributed by atoms with Crippen molar-refractivity contribution in [3.05, 3.63) is 32.4 Å². The lowest BCUT2D eigenvalue weighted by molar-refractivity contribution is 0.0795. The second-order valence-corrected chi connectivity index (χ2v) is 6.47. The third-order valence-electron chi connectivity index (χ3n) is 3.23. The van der Waals surface area contributed by atoms with Crippen LogP contribution in [0.1, 0.15) is 33.7 Å². The Balaban J connectivity index is 1.70. The van der Waals surface area contributed by atoms with E-state index in [2.05, 4.69) is 31.1 Å². The summed E-state index contributed by atoms with van der Waals surface area (Å²) in [5.41, 5.74) is 0. The standard InChI is InChI=1S/C12H13BrN4OS/c1-7-14-11(16-15-7)8-2-3-17(5-8)12(18)10-4-9(13)6-19-10/h4,6,8H,2-3,5H2,1H3,(H,14,15,16). The molecule has 0 spiro atoms. The number of likely N-dealkylation sites (tertiary alicyclic amines) is 1. The fourth-order valence-corrected chi connectivity index (χ4v) is 3.67. The summed E-state index contributed by atoms with van der Waals surface area (Å²) in [4.78, 5) is 19.3. The minimum atomic E-state index is 0.102. The van der Waals surface area contributed by atoms with Gasteiger partial charge >= 0.3 is 0 Å². The van der Waals surface area contributed by atoms with Crippen LogP contribution in [0.25, 0.3) is 0 Å². The van der Waals surface area contributed by atoms with Crippen LogP contribution in [0.15, 0.2) is 15.9 Å². The maximum absolute atomic E-state index is 12.3. The highest BCUT2D eigenvalue weighted by atomic mass is 79.9. The van der Waals surface area contributed by atoms with Crippen LogP contribution in [0.4, 0.5) is 0 Å². The summed E-state index contributed by atoms with van der Waals surface area (Å²) in [6, 6.07) is 1.87. The Morgan fingerprint density at radius 2 is 2.47 bits per heavy atom. The number of H-pyrrole nitrogens is 1. The molecule has 3 rings (SSSR count). The van der Waals surface area contributed by atoms with E-state index in [-0.39, 0.29) is 11.8 Å². The molecule has 2 aromatic heterocycles. The Bertz CT molecular complexity index is 608. The van der Waals surface area contributed by atoms with Crippen LogP contribution in [-0.4, -0.2) is 39.1 Å². The number of hydrogen-bond donors (Lipinski definition) is 1. The number of amides is 1. The lowest BCUT2D eigenvalue weighted by Gasteiger charge is -2.14. The second kappa shape index (κ2) is 5.05. The van der Waals surface area contributed by atoms with E-state index >= 15 is 0 Å². The molecule has 5 nitrogen and oxygen atoms in total. The smallest absolute Gasteiger partial charge is 0.263 e. The first-order chi connectivity index (χ1) is 9.13. The first-order valence-corrected chi connectivity index (χ1v) is 7.73. The van der Waals surface area contributed by atoms with Crippen LogP contribution in [0.2, 0.25) is 0 Å². The number of halogens is 1. The average Bonchev–Trinajstić information content (AvgIpc) is 3.07. The lowest BCUT2D eigenvalue weighted by Crippen LogP contribution is -2.27. The number of carbonyl (C=O) groups is 1. The normalized spacial score (nSPS) is 19.1. The minimum absolute atomic E-state index is 0.102. The molecular formula is C12H13BrN4OS. The van der Waals surface area contributed by atoms with E-state index in [1.165, 1.54) is 11.3 Å². The highest BCUT2D eigenvalue weighted by molar-refractivity contribution is 9.10. The van der Waals surface area contributed by atoms with Gasteiger partial charge in [-0.05, 0) is 35.3 Å². The third-order valence-corrected chi connectivity index (χ3v) is 4.91. The molecule has 7 heteroatoms. The summed E-state index contributed by atoms with van der Waals surface area (Å²) in [5, 5.41) is 8.98. The molecular weight excluding hydrogens is 328 g/mol. The predicted molar refractivity (Wildman–Crippen MR) is 76.4 cm³/mol. The zero-order valence-electron chi connectivity index (χ0n) is 10.4. The van der Waals surface area contributed by atoms with Gasteiger partial charge in [0.2, 0.25) is 0 Å². The summed E-state index contributed by atoms with van der Waals surface area (Å²) in [6.07, 6.45) is 0.926. The van der Waals surface area contributed by atoms with Gasteiger partial charge in [0.1, 0.15) is 5.82 Å². The van der Waals surface area contributed by atoms with Crippen molar-refractivity contribution in [3.63, 3.8) is 0 Å². The first-order valence-electron chi connectivity index (χ1n) is 6.05. The first kappa shape index (κ1) is 12.8. The van der Waals surface area contributed by atoms with Crippen LogP contribution in [0.3, 0.4) is 0 Å². The van der Waals surface area contributed by atoms with Crippen molar-refractivity contribution in [2.75, 3.05) is 13.1 Å². The number of rotatable bonds is 2. The van der Waals surface area contributed by atoms with Gasteiger partial charge in [-0.1, -0.05) is 0 Å². The number of aryl methyl sites for hydroxylation is 1. The molecule has 1 atom stereocenters. The third kappa shape index (κ3) is 2.57. The Morgan fingerprint density at radius 3 is 3.11 bits per heavy atom. The van der Waals surface area contributed by atoms with E-state index in [0.29, 0.717) is 6.54 Å². The van der Waals surface area contributed by atoms with Gasteiger partial charge in [0, 0.05) is 28.9 Å². The maximum atomic E-state index is 12.3. The molecule has 0 aliphatic carbocycles. The van der Waals surface area contributed by atoms with Gasteiger partial charge in [0.15, 0.2) is 5.82 Å². The zero-order chi connectivity index (χ0) is 13.4. The highest BCUT2D eigenvalue weighted by Crippen LogP contribution is 2.28. The molecule has 0 bridgehead atoms. The molecule has 1 saturated heterocycles. The Labute approximate surface area is 123 Å². The topological polar surface area (TPSA) is 61.9 Å². The molecule has 1 aliphatic rings. The van der Waals surface area contributed by atoms with Gasteiger partial charge in [0.05, 0.1) is 4.88 Å². The van der Waals surface area contributed by atoms with Crippen molar-refractivity contribution in [3.8, 4) is 0 Å². The van der Waals surface area contributed by atoms with Crippen LogP contribution >= 0.6 is 27.3 Å². The number of thiophene rings is 1. The van der Waals surface area contributed by atoms with E-state index in [1.807, 2.05) is 23.3 Å². The molecule has 19 heavy (non-hydrogen) atoms. The van der Waals surface area contributed by atoms with Crippen LogP contribution in [-0.2, 0) is 0 Å². The summed E-state index contributed by atoms with van der Waals surface area (Å²) >= 11 is 4.85. The quantitative estimate of drug-likeness (QED) is 0.913. The Morgan fingerprint density at radius 1 is 1.63 bits per heavy atom. The van der Waals surface area contributed by atoms with Gasteiger partial charge in [-0.25, -0.2) is 4.98 Å². The van der Waals surface area contributed by atoms with Crippen molar-refractivity contribution >= 4 is 33.2 Å². The molecule has 3 heterocycles. The van der Waals surface area contributed by atoms with Crippen molar-refractivity contribution in [1.29, 1.82) is 0 Å². The van der Waals surface area contributed by atoms with E-state index < -0.39 is 0 Å². The van der Waals surface area contributed by atoms with Crippen molar-refractivity contribution in [2.24, 2.45) is 0 Å². The molecule has 1 amide bonds. The Kier molecular flexibility index (Phi) is 3.40. The maximum Gasteiger partial charge on any atom is 0.263 e. The van der Waals surface area contributed by atoms with E-state index in [0.717, 1.165) is 34.0 Å². The average molecular weight is 341 g/mol. The molecule has 1 aliphatic heterocycles. The Hall–Kier alpha value is -1.21. The van der Waals surface area contributed by atoms with Crippen LogP contribution in [0.5, 0.6) is 0 Å². The fourth-order valence-electron chi connectivity index (χ4n) is 2.28. The van der Waals surface area contributed by atoms with Gasteiger partial charge in [-0.2, -0.15) is 5.10 Å². The van der Waals surface area contributed by atoms with Crippen molar-refractivity contribution in [1.82, 2.24) is 20.1 Å². The minimum Gasteiger partial charge on any atom is -0.337 e. The lowest BCUT2D eigenvalue weighted by atomic mass is 10.1. The predicted octanol–water partition coefficient (Wildman–Crippen LogP) is 2.57. The largest absolute Gasteiger partial charge is 0.337 e. The number of nitrogens with one attached hydrogen (secondary N) is 1. The molecule has 1 N–H and O–H groups in total. The summed E-state index contributed by atoms with van der Waals surface area (Å²) in [6.45, 7) is 3.36. The molecule has 1 unspecified atom stereocenters. The number of hydrogen-bond acceptors (Lipinski definition) is 4. The van der Waals surface area contributed by atoms with E-state index in [9.17, 15) is 4.79 Å². The van der Waals surface area contributed by atoms with Gasteiger partial charge in [-0.15, -0.1) is 11.3 Å².